The summed E-state index contributed by atoms with van der Waals surface area (Å²) in [5, 5.41) is 14.4. The first-order valence-electron chi connectivity index (χ1n) is 8.76. The molecule has 0 bridgehead atoms. The molecule has 2 aromatic rings. The first-order chi connectivity index (χ1) is 11.9. The van der Waals surface area contributed by atoms with Crippen molar-refractivity contribution in [2.45, 2.75) is 43.6 Å². The van der Waals surface area contributed by atoms with Gasteiger partial charge < -0.3 is 10.4 Å². The Bertz CT molecular complexity index is 719. The summed E-state index contributed by atoms with van der Waals surface area (Å²) in [4.78, 5) is 13.1. The second-order valence-electron chi connectivity index (χ2n) is 7.12. The van der Waals surface area contributed by atoms with Gasteiger partial charge in [0, 0.05) is 5.02 Å². The van der Waals surface area contributed by atoms with Gasteiger partial charge in [-0.1, -0.05) is 66.9 Å². The minimum Gasteiger partial charge on any atom is -0.384 e. The van der Waals surface area contributed by atoms with Crippen molar-refractivity contribution in [2.75, 3.05) is 6.54 Å². The van der Waals surface area contributed by atoms with Crippen LogP contribution in [-0.2, 0) is 15.8 Å². The van der Waals surface area contributed by atoms with Gasteiger partial charge in [0.05, 0.1) is 12.0 Å². The molecular formula is C21H24ClNO2. The molecule has 0 heterocycles. The monoisotopic (exact) mass is 357 g/mol. The summed E-state index contributed by atoms with van der Waals surface area (Å²) in [7, 11) is 0. The van der Waals surface area contributed by atoms with Crippen molar-refractivity contribution in [3.63, 3.8) is 0 Å². The van der Waals surface area contributed by atoms with Crippen molar-refractivity contribution >= 4 is 17.5 Å². The highest BCUT2D eigenvalue weighted by Gasteiger charge is 2.43. The van der Waals surface area contributed by atoms with E-state index in [1.165, 1.54) is 0 Å². The number of amides is 1. The number of halogens is 1. The molecule has 3 rings (SSSR count). The first kappa shape index (κ1) is 18.0. The van der Waals surface area contributed by atoms with Crippen LogP contribution in [0.2, 0.25) is 5.02 Å². The van der Waals surface area contributed by atoms with E-state index in [0.717, 1.165) is 36.8 Å². The van der Waals surface area contributed by atoms with Crippen molar-refractivity contribution in [3.8, 4) is 0 Å². The number of hydrogen-bond acceptors (Lipinski definition) is 2. The fraction of sp³-hybridized carbons (Fsp3) is 0.381. The Balaban J connectivity index is 1.77. The normalized spacial score (nSPS) is 18.5. The van der Waals surface area contributed by atoms with E-state index in [1.54, 1.807) is 6.92 Å². The maximum absolute atomic E-state index is 13.1. The van der Waals surface area contributed by atoms with Gasteiger partial charge in [-0.15, -0.1) is 0 Å². The van der Waals surface area contributed by atoms with Crippen LogP contribution in [0.5, 0.6) is 0 Å². The molecule has 0 saturated heterocycles. The summed E-state index contributed by atoms with van der Waals surface area (Å²) in [6, 6.07) is 17.0. The molecule has 1 saturated carbocycles. The molecular weight excluding hydrogens is 334 g/mol. The quantitative estimate of drug-likeness (QED) is 0.843. The topological polar surface area (TPSA) is 49.3 Å². The summed E-state index contributed by atoms with van der Waals surface area (Å²) in [6.07, 6.45) is 3.72. The standard InChI is InChI=1S/C21H24ClNO2/c1-20(25,16-7-3-2-4-8-16)15-23-19(24)21(13-5-6-14-21)17-9-11-18(22)12-10-17/h2-4,7-12,25H,5-6,13-15H2,1H3,(H,23,24). The Morgan fingerprint density at radius 1 is 1.12 bits per heavy atom. The Morgan fingerprint density at radius 3 is 2.32 bits per heavy atom. The van der Waals surface area contributed by atoms with E-state index in [0.29, 0.717) is 5.02 Å². The Kier molecular flexibility index (Phi) is 5.16. The summed E-state index contributed by atoms with van der Waals surface area (Å²) < 4.78 is 0. The average Bonchev–Trinajstić information content (AvgIpc) is 3.12. The van der Waals surface area contributed by atoms with Crippen LogP contribution in [0.4, 0.5) is 0 Å². The van der Waals surface area contributed by atoms with Crippen LogP contribution in [0.25, 0.3) is 0 Å². The average molecular weight is 358 g/mol. The number of benzene rings is 2. The molecule has 1 aliphatic rings. The lowest BCUT2D eigenvalue weighted by molar-refractivity contribution is -0.127. The fourth-order valence-electron chi connectivity index (χ4n) is 3.72. The third kappa shape index (κ3) is 3.73. The number of hydrogen-bond donors (Lipinski definition) is 2. The number of carbonyl (C=O) groups excluding carboxylic acids is 1. The highest BCUT2D eigenvalue weighted by atomic mass is 35.5. The second kappa shape index (κ2) is 7.19. The molecule has 2 aromatic carbocycles. The van der Waals surface area contributed by atoms with E-state index in [4.69, 9.17) is 11.6 Å². The van der Waals surface area contributed by atoms with Crippen molar-refractivity contribution in [3.05, 3.63) is 70.7 Å². The van der Waals surface area contributed by atoms with Gasteiger partial charge in [0.1, 0.15) is 5.60 Å². The molecule has 3 nitrogen and oxygen atoms in total. The van der Waals surface area contributed by atoms with Gasteiger partial charge in [0.15, 0.2) is 0 Å². The largest absolute Gasteiger partial charge is 0.384 e. The van der Waals surface area contributed by atoms with E-state index in [2.05, 4.69) is 5.32 Å². The molecule has 0 aliphatic heterocycles. The predicted octanol–water partition coefficient (Wildman–Crippen LogP) is 4.18. The predicted molar refractivity (Wildman–Crippen MR) is 101 cm³/mol. The lowest BCUT2D eigenvalue weighted by atomic mass is 9.78. The van der Waals surface area contributed by atoms with E-state index in [9.17, 15) is 9.90 Å². The number of rotatable bonds is 5. The lowest BCUT2D eigenvalue weighted by Crippen LogP contribution is -2.47. The summed E-state index contributed by atoms with van der Waals surface area (Å²) in [5.74, 6) is -0.0106. The van der Waals surface area contributed by atoms with Crippen LogP contribution in [-0.4, -0.2) is 17.6 Å². The molecule has 1 atom stereocenters. The zero-order chi connectivity index (χ0) is 17.9. The number of carbonyl (C=O) groups is 1. The van der Waals surface area contributed by atoms with Crippen LogP contribution in [0.1, 0.15) is 43.7 Å². The van der Waals surface area contributed by atoms with E-state index >= 15 is 0 Å². The molecule has 132 valence electrons. The van der Waals surface area contributed by atoms with Crippen molar-refractivity contribution in [1.29, 1.82) is 0 Å². The zero-order valence-electron chi connectivity index (χ0n) is 14.5. The molecule has 2 N–H and O–H groups in total. The van der Waals surface area contributed by atoms with Crippen molar-refractivity contribution in [1.82, 2.24) is 5.32 Å². The molecule has 1 fully saturated rings. The first-order valence-corrected chi connectivity index (χ1v) is 9.14. The Morgan fingerprint density at radius 2 is 1.72 bits per heavy atom. The molecule has 0 radical (unpaired) electrons. The van der Waals surface area contributed by atoms with Gasteiger partial charge >= 0.3 is 0 Å². The third-order valence-corrected chi connectivity index (χ3v) is 5.53. The van der Waals surface area contributed by atoms with Crippen molar-refractivity contribution < 1.29 is 9.90 Å². The second-order valence-corrected chi connectivity index (χ2v) is 7.56. The zero-order valence-corrected chi connectivity index (χ0v) is 15.2. The summed E-state index contributed by atoms with van der Waals surface area (Å²) in [6.45, 7) is 1.91. The van der Waals surface area contributed by atoms with Gasteiger partial charge in [-0.05, 0) is 43.0 Å². The van der Waals surface area contributed by atoms with E-state index in [1.807, 2.05) is 54.6 Å². The minimum atomic E-state index is -1.10. The summed E-state index contributed by atoms with van der Waals surface area (Å²) >= 11 is 6.00. The Hall–Kier alpha value is -1.84. The SMILES string of the molecule is CC(O)(CNC(=O)C1(c2ccc(Cl)cc2)CCCC1)c1ccccc1. The molecule has 4 heteroatoms. The van der Waals surface area contributed by atoms with Gasteiger partial charge in [0.25, 0.3) is 0 Å². The highest BCUT2D eigenvalue weighted by molar-refractivity contribution is 6.30. The third-order valence-electron chi connectivity index (χ3n) is 5.28. The van der Waals surface area contributed by atoms with Gasteiger partial charge in [-0.2, -0.15) is 0 Å². The molecule has 1 aliphatic carbocycles. The van der Waals surface area contributed by atoms with Crippen LogP contribution in [0.3, 0.4) is 0 Å². The Labute approximate surface area is 154 Å². The van der Waals surface area contributed by atoms with Crippen LogP contribution < -0.4 is 5.32 Å². The maximum atomic E-state index is 13.1. The number of nitrogens with one attached hydrogen (secondary N) is 1. The van der Waals surface area contributed by atoms with Gasteiger partial charge in [-0.3, -0.25) is 4.79 Å². The van der Waals surface area contributed by atoms with Gasteiger partial charge in [0.2, 0.25) is 5.91 Å². The van der Waals surface area contributed by atoms with Crippen molar-refractivity contribution in [2.24, 2.45) is 0 Å². The molecule has 0 spiro atoms. The molecule has 25 heavy (non-hydrogen) atoms. The van der Waals surface area contributed by atoms with Crippen LogP contribution in [0, 0.1) is 0 Å². The smallest absolute Gasteiger partial charge is 0.230 e. The maximum Gasteiger partial charge on any atom is 0.230 e. The fourth-order valence-corrected chi connectivity index (χ4v) is 3.84. The molecule has 0 aromatic heterocycles. The van der Waals surface area contributed by atoms with Crippen LogP contribution >= 0.6 is 11.6 Å². The van der Waals surface area contributed by atoms with E-state index < -0.39 is 11.0 Å². The van der Waals surface area contributed by atoms with Crippen LogP contribution in [0.15, 0.2) is 54.6 Å². The molecule has 1 amide bonds. The highest BCUT2D eigenvalue weighted by Crippen LogP contribution is 2.41. The summed E-state index contributed by atoms with van der Waals surface area (Å²) in [5.41, 5.74) is 0.183. The molecule has 1 unspecified atom stereocenters. The minimum absolute atomic E-state index is 0.0106. The van der Waals surface area contributed by atoms with Gasteiger partial charge in [-0.25, -0.2) is 0 Å². The number of aliphatic hydroxyl groups is 1. The lowest BCUT2D eigenvalue weighted by Gasteiger charge is -2.31. The van der Waals surface area contributed by atoms with E-state index in [-0.39, 0.29) is 12.5 Å².